The monoisotopic (exact) mass is 385 g/mol. The second kappa shape index (κ2) is 6.20. The van der Waals surface area contributed by atoms with Gasteiger partial charge < -0.3 is 15.0 Å². The molecular weight excluding hydrogens is 362 g/mol. The number of aromatic nitrogens is 1. The van der Waals surface area contributed by atoms with E-state index in [1.54, 1.807) is 7.11 Å². The lowest BCUT2D eigenvalue weighted by atomic mass is 10.0. The topological polar surface area (TPSA) is 77.6 Å². The molecule has 3 aromatic rings. The smallest absolute Gasteiger partial charge is 0.232 e. The molecular formula is C20H23N3O3S. The van der Waals surface area contributed by atoms with Crippen LogP contribution in [-0.4, -0.2) is 32.9 Å². The minimum absolute atomic E-state index is 0.487. The van der Waals surface area contributed by atoms with Crippen molar-refractivity contribution in [3.05, 3.63) is 42.0 Å². The van der Waals surface area contributed by atoms with Gasteiger partial charge >= 0.3 is 0 Å². The Kier molecular flexibility index (Phi) is 4.07. The van der Waals surface area contributed by atoms with Gasteiger partial charge in [0.15, 0.2) is 0 Å². The first kappa shape index (κ1) is 17.7. The van der Waals surface area contributed by atoms with Crippen molar-refractivity contribution >= 4 is 32.3 Å². The maximum absolute atomic E-state index is 12.0. The lowest BCUT2D eigenvalue weighted by Gasteiger charge is -2.17. The van der Waals surface area contributed by atoms with Crippen molar-refractivity contribution in [1.29, 1.82) is 0 Å². The number of methoxy groups -OCH3 is 1. The Morgan fingerprint density at radius 2 is 1.96 bits per heavy atom. The molecule has 0 atom stereocenters. The maximum atomic E-state index is 12.0. The van der Waals surface area contributed by atoms with Crippen LogP contribution >= 0.6 is 0 Å². The molecule has 1 aliphatic heterocycles. The summed E-state index contributed by atoms with van der Waals surface area (Å²) in [5.74, 6) is 0.791. The van der Waals surface area contributed by atoms with Crippen molar-refractivity contribution < 1.29 is 13.2 Å². The molecule has 0 fully saturated rings. The average Bonchev–Trinajstić information content (AvgIpc) is 3.19. The average molecular weight is 385 g/mol. The first-order valence-electron chi connectivity index (χ1n) is 8.92. The van der Waals surface area contributed by atoms with Crippen LogP contribution in [0.2, 0.25) is 0 Å². The molecule has 0 radical (unpaired) electrons. The summed E-state index contributed by atoms with van der Waals surface area (Å²) in [5.41, 5.74) is 12.0. The van der Waals surface area contributed by atoms with Gasteiger partial charge in [-0.15, -0.1) is 0 Å². The van der Waals surface area contributed by atoms with Gasteiger partial charge in [-0.3, -0.25) is 4.31 Å². The zero-order valence-electron chi connectivity index (χ0n) is 15.7. The van der Waals surface area contributed by atoms with E-state index in [9.17, 15) is 8.42 Å². The molecule has 4 rings (SSSR count). The first-order chi connectivity index (χ1) is 12.8. The van der Waals surface area contributed by atoms with E-state index in [4.69, 9.17) is 10.5 Å². The molecule has 142 valence electrons. The summed E-state index contributed by atoms with van der Waals surface area (Å²) >= 11 is 0. The van der Waals surface area contributed by atoms with Crippen LogP contribution in [0, 0.1) is 0 Å². The number of rotatable bonds is 4. The third-order valence-electron chi connectivity index (χ3n) is 5.23. The van der Waals surface area contributed by atoms with E-state index in [0.717, 1.165) is 51.4 Å². The van der Waals surface area contributed by atoms with Crippen molar-refractivity contribution in [2.75, 3.05) is 29.9 Å². The number of fused-ring (bicyclic) bond motifs is 2. The van der Waals surface area contributed by atoms with Crippen molar-refractivity contribution in [2.24, 2.45) is 0 Å². The van der Waals surface area contributed by atoms with Gasteiger partial charge in [0.2, 0.25) is 10.0 Å². The number of nitrogen functional groups attached to an aromatic ring is 1. The molecule has 2 heterocycles. The molecule has 0 unspecified atom stereocenters. The molecule has 0 spiro atoms. The van der Waals surface area contributed by atoms with Gasteiger partial charge in [0.1, 0.15) is 5.75 Å². The van der Waals surface area contributed by atoms with Gasteiger partial charge in [-0.1, -0.05) is 6.07 Å². The summed E-state index contributed by atoms with van der Waals surface area (Å²) in [7, 11) is -1.60. The van der Waals surface area contributed by atoms with Crippen molar-refractivity contribution in [1.82, 2.24) is 4.57 Å². The van der Waals surface area contributed by atoms with E-state index < -0.39 is 10.0 Å². The second-order valence-corrected chi connectivity index (χ2v) is 8.73. The Bertz CT molecular complexity index is 1150. The third-order valence-corrected chi connectivity index (χ3v) is 6.41. The number of ether oxygens (including phenoxy) is 1. The van der Waals surface area contributed by atoms with Gasteiger partial charge in [-0.05, 0) is 43.2 Å². The van der Waals surface area contributed by atoms with Crippen LogP contribution in [0.15, 0.2) is 36.4 Å². The second-order valence-electron chi connectivity index (χ2n) is 6.82. The van der Waals surface area contributed by atoms with Gasteiger partial charge in [0, 0.05) is 30.1 Å². The largest absolute Gasteiger partial charge is 0.497 e. The molecule has 0 aliphatic carbocycles. The van der Waals surface area contributed by atoms with Crippen LogP contribution in [0.25, 0.3) is 22.2 Å². The Labute approximate surface area is 159 Å². The van der Waals surface area contributed by atoms with Crippen LogP contribution in [0.4, 0.5) is 11.4 Å². The van der Waals surface area contributed by atoms with Crippen LogP contribution < -0.4 is 14.8 Å². The van der Waals surface area contributed by atoms with Crippen LogP contribution in [0.1, 0.15) is 12.5 Å². The summed E-state index contributed by atoms with van der Waals surface area (Å²) in [6.07, 6.45) is 1.95. The van der Waals surface area contributed by atoms with E-state index in [-0.39, 0.29) is 0 Å². The summed E-state index contributed by atoms with van der Waals surface area (Å²) in [4.78, 5) is 0. The predicted octanol–water partition coefficient (Wildman–Crippen LogP) is 3.24. The molecule has 0 amide bonds. The molecule has 2 aromatic carbocycles. The summed E-state index contributed by atoms with van der Waals surface area (Å²) in [6.45, 7) is 3.34. The Morgan fingerprint density at radius 1 is 1.19 bits per heavy atom. The summed E-state index contributed by atoms with van der Waals surface area (Å²) < 4.78 is 33.0. The standard InChI is InChI=1S/C20H23N3O3S/c1-4-22-18-12-15(26-2)6-7-16(18)19(21)20(22)14-5-8-17-13(11-14)9-10-23(17)27(3,24)25/h5-8,11-12H,4,9-10,21H2,1-3H3. The minimum Gasteiger partial charge on any atom is -0.497 e. The lowest BCUT2D eigenvalue weighted by molar-refractivity contribution is 0.415. The Morgan fingerprint density at radius 3 is 2.63 bits per heavy atom. The van der Waals surface area contributed by atoms with Crippen LogP contribution in [0.5, 0.6) is 5.75 Å². The number of hydrogen-bond acceptors (Lipinski definition) is 4. The first-order valence-corrected chi connectivity index (χ1v) is 10.8. The quantitative estimate of drug-likeness (QED) is 0.748. The number of anilines is 2. The van der Waals surface area contributed by atoms with E-state index in [1.165, 1.54) is 10.6 Å². The maximum Gasteiger partial charge on any atom is 0.232 e. The fourth-order valence-electron chi connectivity index (χ4n) is 3.99. The third kappa shape index (κ3) is 2.73. The van der Waals surface area contributed by atoms with Gasteiger partial charge in [0.25, 0.3) is 0 Å². The molecule has 0 saturated heterocycles. The highest BCUT2D eigenvalue weighted by molar-refractivity contribution is 7.92. The van der Waals surface area contributed by atoms with Gasteiger partial charge in [0.05, 0.1) is 36.0 Å². The molecule has 7 heteroatoms. The number of hydrogen-bond donors (Lipinski definition) is 1. The van der Waals surface area contributed by atoms with Gasteiger partial charge in [-0.25, -0.2) is 8.42 Å². The normalized spacial score (nSPS) is 14.0. The number of benzene rings is 2. The van der Waals surface area contributed by atoms with Crippen LogP contribution in [0.3, 0.4) is 0 Å². The van der Waals surface area contributed by atoms with E-state index >= 15 is 0 Å². The fourth-order valence-corrected chi connectivity index (χ4v) is 4.94. The fraction of sp³-hybridized carbons (Fsp3) is 0.300. The zero-order valence-corrected chi connectivity index (χ0v) is 16.5. The number of nitrogens with two attached hydrogens (primary N) is 1. The molecule has 1 aliphatic rings. The molecule has 27 heavy (non-hydrogen) atoms. The van der Waals surface area contributed by atoms with Crippen molar-refractivity contribution in [3.63, 3.8) is 0 Å². The van der Waals surface area contributed by atoms with Gasteiger partial charge in [-0.2, -0.15) is 0 Å². The lowest BCUT2D eigenvalue weighted by Crippen LogP contribution is -2.27. The molecule has 2 N–H and O–H groups in total. The zero-order chi connectivity index (χ0) is 19.3. The number of nitrogens with zero attached hydrogens (tertiary/aromatic N) is 2. The highest BCUT2D eigenvalue weighted by atomic mass is 32.2. The van der Waals surface area contributed by atoms with Crippen molar-refractivity contribution in [3.8, 4) is 17.0 Å². The van der Waals surface area contributed by atoms with E-state index in [1.807, 2.05) is 30.3 Å². The van der Waals surface area contributed by atoms with E-state index in [0.29, 0.717) is 13.0 Å². The highest BCUT2D eigenvalue weighted by Crippen LogP contribution is 2.40. The number of aryl methyl sites for hydroxylation is 1. The summed E-state index contributed by atoms with van der Waals surface area (Å²) in [6, 6.07) is 11.8. The van der Waals surface area contributed by atoms with Crippen LogP contribution in [-0.2, 0) is 23.0 Å². The van der Waals surface area contributed by atoms with Crippen molar-refractivity contribution in [2.45, 2.75) is 19.9 Å². The molecule has 6 nitrogen and oxygen atoms in total. The molecule has 0 bridgehead atoms. The highest BCUT2D eigenvalue weighted by Gasteiger charge is 2.27. The predicted molar refractivity (Wildman–Crippen MR) is 110 cm³/mol. The number of sulfonamides is 1. The molecule has 1 aromatic heterocycles. The minimum atomic E-state index is -3.25. The molecule has 0 saturated carbocycles. The Balaban J connectivity index is 1.90. The Hall–Kier alpha value is -2.67. The summed E-state index contributed by atoms with van der Waals surface area (Å²) in [5, 5.41) is 0.992. The SMILES string of the molecule is CCn1c(-c2ccc3c(c2)CCN3S(C)(=O)=O)c(N)c2ccc(OC)cc21. The van der Waals surface area contributed by atoms with E-state index in [2.05, 4.69) is 17.6 Å².